The summed E-state index contributed by atoms with van der Waals surface area (Å²) in [5, 5.41) is 3.28. The molecule has 3 aromatic carbocycles. The molecule has 3 aromatic rings. The van der Waals surface area contributed by atoms with Crippen LogP contribution in [0.15, 0.2) is 72.8 Å². The zero-order chi connectivity index (χ0) is 29.0. The Labute approximate surface area is 245 Å². The summed E-state index contributed by atoms with van der Waals surface area (Å²) in [7, 11) is 0. The Kier molecular flexibility index (Phi) is 11.2. The summed E-state index contributed by atoms with van der Waals surface area (Å²) < 4.78 is 11.5. The van der Waals surface area contributed by atoms with Crippen molar-refractivity contribution in [3.05, 3.63) is 95.1 Å². The first-order valence-corrected chi connectivity index (χ1v) is 15.0. The summed E-state index contributed by atoms with van der Waals surface area (Å²) in [5.41, 5.74) is 4.20. The number of rotatable bonds is 14. The van der Waals surface area contributed by atoms with Crippen molar-refractivity contribution in [2.45, 2.75) is 84.3 Å². The number of ether oxygens (including phenoxy) is 2. The molecule has 0 radical (unpaired) electrons. The van der Waals surface area contributed by atoms with E-state index in [4.69, 9.17) is 9.47 Å². The van der Waals surface area contributed by atoms with E-state index in [1.165, 1.54) is 0 Å². The second-order valence-corrected chi connectivity index (χ2v) is 10.8. The van der Waals surface area contributed by atoms with E-state index in [-0.39, 0.29) is 24.3 Å². The molecule has 0 aliphatic heterocycles. The molecule has 0 bridgehead atoms. The lowest BCUT2D eigenvalue weighted by atomic mass is 10.0. The Morgan fingerprint density at radius 1 is 0.854 bits per heavy atom. The molecular formula is C35H44N2O4. The number of amides is 2. The van der Waals surface area contributed by atoms with E-state index in [1.54, 1.807) is 4.90 Å². The van der Waals surface area contributed by atoms with Crippen molar-refractivity contribution < 1.29 is 19.1 Å². The number of carbonyl (C=O) groups is 2. The molecule has 1 atom stereocenters. The van der Waals surface area contributed by atoms with Gasteiger partial charge in [0.25, 0.3) is 0 Å². The normalized spacial score (nSPS) is 13.9. The molecule has 2 amide bonds. The van der Waals surface area contributed by atoms with Gasteiger partial charge in [-0.15, -0.1) is 0 Å². The van der Waals surface area contributed by atoms with Gasteiger partial charge in [0.1, 0.15) is 6.04 Å². The van der Waals surface area contributed by atoms with Crippen LogP contribution in [0, 0.1) is 6.92 Å². The molecule has 4 rings (SSSR count). The molecule has 1 aliphatic carbocycles. The van der Waals surface area contributed by atoms with Gasteiger partial charge >= 0.3 is 0 Å². The summed E-state index contributed by atoms with van der Waals surface area (Å²) in [6, 6.07) is 23.6. The van der Waals surface area contributed by atoms with Crippen LogP contribution in [0.25, 0.3) is 0 Å². The van der Waals surface area contributed by atoms with Crippen LogP contribution in [-0.4, -0.2) is 42.0 Å². The van der Waals surface area contributed by atoms with Gasteiger partial charge in [0, 0.05) is 25.4 Å². The zero-order valence-electron chi connectivity index (χ0n) is 24.7. The first kappa shape index (κ1) is 30.2. The zero-order valence-corrected chi connectivity index (χ0v) is 24.7. The Balaban J connectivity index is 1.59. The topological polar surface area (TPSA) is 67.9 Å². The van der Waals surface area contributed by atoms with Gasteiger partial charge in [0.05, 0.1) is 13.2 Å². The lowest BCUT2D eigenvalue weighted by Gasteiger charge is -2.32. The average Bonchev–Trinajstić information content (AvgIpc) is 3.49. The van der Waals surface area contributed by atoms with Crippen molar-refractivity contribution in [3.63, 3.8) is 0 Å². The fraction of sp³-hybridized carbons (Fsp3) is 0.429. The van der Waals surface area contributed by atoms with Crippen molar-refractivity contribution in [1.29, 1.82) is 0 Å². The number of benzene rings is 3. The average molecular weight is 557 g/mol. The van der Waals surface area contributed by atoms with E-state index >= 15 is 0 Å². The Morgan fingerprint density at radius 2 is 1.51 bits per heavy atom. The largest absolute Gasteiger partial charge is 0.490 e. The van der Waals surface area contributed by atoms with Crippen LogP contribution in [0.2, 0.25) is 0 Å². The van der Waals surface area contributed by atoms with Gasteiger partial charge in [-0.25, -0.2) is 0 Å². The predicted octanol–water partition coefficient (Wildman–Crippen LogP) is 6.42. The highest BCUT2D eigenvalue weighted by molar-refractivity contribution is 5.88. The molecule has 1 N–H and O–H groups in total. The second kappa shape index (κ2) is 15.3. The first-order chi connectivity index (χ1) is 20.0. The molecule has 0 aromatic heterocycles. The Hall–Kier alpha value is -3.80. The summed E-state index contributed by atoms with van der Waals surface area (Å²) in [4.78, 5) is 29.7. The van der Waals surface area contributed by atoms with Gasteiger partial charge in [0.15, 0.2) is 11.5 Å². The van der Waals surface area contributed by atoms with E-state index in [1.807, 2.05) is 81.4 Å². The van der Waals surface area contributed by atoms with Crippen molar-refractivity contribution in [2.24, 2.45) is 0 Å². The minimum atomic E-state index is -0.605. The minimum Gasteiger partial charge on any atom is -0.490 e. The Bertz CT molecular complexity index is 1250. The lowest BCUT2D eigenvalue weighted by Crippen LogP contribution is -2.52. The van der Waals surface area contributed by atoms with Crippen LogP contribution in [0.1, 0.15) is 68.2 Å². The molecule has 218 valence electrons. The molecule has 0 saturated heterocycles. The smallest absolute Gasteiger partial charge is 0.243 e. The van der Waals surface area contributed by atoms with Crippen LogP contribution >= 0.6 is 0 Å². The molecule has 0 heterocycles. The van der Waals surface area contributed by atoms with Crippen LogP contribution in [0.5, 0.6) is 11.5 Å². The van der Waals surface area contributed by atoms with Crippen molar-refractivity contribution in [1.82, 2.24) is 10.2 Å². The van der Waals surface area contributed by atoms with Gasteiger partial charge in [-0.2, -0.15) is 0 Å². The fourth-order valence-corrected chi connectivity index (χ4v) is 5.46. The van der Waals surface area contributed by atoms with Gasteiger partial charge in [-0.1, -0.05) is 79.1 Å². The number of aryl methyl sites for hydroxylation is 2. The highest BCUT2D eigenvalue weighted by atomic mass is 16.5. The third-order valence-electron chi connectivity index (χ3n) is 7.68. The monoisotopic (exact) mass is 556 g/mol. The van der Waals surface area contributed by atoms with E-state index in [9.17, 15) is 9.59 Å². The summed E-state index contributed by atoms with van der Waals surface area (Å²) >= 11 is 0. The van der Waals surface area contributed by atoms with Crippen LogP contribution in [0.3, 0.4) is 0 Å². The molecule has 41 heavy (non-hydrogen) atoms. The number of hydrogen-bond acceptors (Lipinski definition) is 4. The molecule has 1 saturated carbocycles. The number of carbonyl (C=O) groups excluding carboxylic acids is 2. The van der Waals surface area contributed by atoms with Crippen molar-refractivity contribution >= 4 is 11.8 Å². The molecular weight excluding hydrogens is 512 g/mol. The van der Waals surface area contributed by atoms with E-state index in [0.29, 0.717) is 44.1 Å². The third kappa shape index (κ3) is 8.84. The quantitative estimate of drug-likeness (QED) is 0.249. The van der Waals surface area contributed by atoms with Crippen LogP contribution in [0.4, 0.5) is 0 Å². The van der Waals surface area contributed by atoms with Gasteiger partial charge in [-0.05, 0) is 68.9 Å². The number of hydrogen-bond donors (Lipinski definition) is 1. The maximum atomic E-state index is 14.0. The summed E-state index contributed by atoms with van der Waals surface area (Å²) in [6.07, 6.45) is 5.55. The SMILES string of the molecule is CCOc1ccc(CCC(=O)N(Cc2ccc(C)cc2)[C@@H](Cc2ccccc2)C(=O)NC2CCCC2)cc1OCC. The first-order valence-electron chi connectivity index (χ1n) is 15.0. The van der Waals surface area contributed by atoms with Crippen LogP contribution in [-0.2, 0) is 29.0 Å². The highest BCUT2D eigenvalue weighted by Crippen LogP contribution is 2.29. The molecule has 6 nitrogen and oxygen atoms in total. The van der Waals surface area contributed by atoms with Crippen molar-refractivity contribution in [2.75, 3.05) is 13.2 Å². The number of nitrogens with one attached hydrogen (secondary N) is 1. The third-order valence-corrected chi connectivity index (χ3v) is 7.68. The van der Waals surface area contributed by atoms with Gasteiger partial charge < -0.3 is 19.7 Å². The number of nitrogens with zero attached hydrogens (tertiary/aromatic N) is 1. The molecule has 1 aliphatic rings. The molecule has 1 fully saturated rings. The van der Waals surface area contributed by atoms with Crippen molar-refractivity contribution in [3.8, 4) is 11.5 Å². The highest BCUT2D eigenvalue weighted by Gasteiger charge is 2.32. The summed E-state index contributed by atoms with van der Waals surface area (Å²) in [6.45, 7) is 7.40. The van der Waals surface area contributed by atoms with Crippen LogP contribution < -0.4 is 14.8 Å². The van der Waals surface area contributed by atoms with E-state index in [2.05, 4.69) is 17.4 Å². The predicted molar refractivity (Wildman–Crippen MR) is 163 cm³/mol. The Morgan fingerprint density at radius 3 is 2.20 bits per heavy atom. The maximum absolute atomic E-state index is 14.0. The standard InChI is InChI=1S/C35H44N2O4/c1-4-40-32-21-19-28(24-33(32)41-5-2)20-22-34(38)37(25-29-17-15-26(3)16-18-29)31(23-27-11-7-6-8-12-27)35(39)36-30-13-9-10-14-30/h6-8,11-12,15-19,21,24,30-31H,4-5,9-10,13-14,20,22-23,25H2,1-3H3,(H,36,39)/t31-/m0/s1. The fourth-order valence-electron chi connectivity index (χ4n) is 5.46. The minimum absolute atomic E-state index is 0.0417. The summed E-state index contributed by atoms with van der Waals surface area (Å²) in [5.74, 6) is 1.28. The molecule has 0 spiro atoms. The van der Waals surface area contributed by atoms with E-state index < -0.39 is 6.04 Å². The molecule has 0 unspecified atom stereocenters. The maximum Gasteiger partial charge on any atom is 0.243 e. The molecule has 6 heteroatoms. The second-order valence-electron chi connectivity index (χ2n) is 10.8. The van der Waals surface area contributed by atoms with Gasteiger partial charge in [-0.3, -0.25) is 9.59 Å². The lowest BCUT2D eigenvalue weighted by molar-refractivity contribution is -0.141. The van der Waals surface area contributed by atoms with E-state index in [0.717, 1.165) is 47.9 Å². The van der Waals surface area contributed by atoms with Gasteiger partial charge in [0.2, 0.25) is 11.8 Å².